The van der Waals surface area contributed by atoms with E-state index in [1.807, 2.05) is 0 Å². The standard InChI is InChI=1S/C5H12O3.C4H4O3S3/c1-5(2-6,3-7)4-8;5-3(4(6)7)2-1-8-10-9-2/h6-8H,2-4H2,1H3;1,3,5H,(H,6,7). The van der Waals surface area contributed by atoms with Gasteiger partial charge in [0, 0.05) is 10.3 Å². The van der Waals surface area contributed by atoms with Crippen molar-refractivity contribution in [3.63, 3.8) is 0 Å². The summed E-state index contributed by atoms with van der Waals surface area (Å²) >= 11 is 0. The van der Waals surface area contributed by atoms with Crippen molar-refractivity contribution in [3.05, 3.63) is 10.3 Å². The second-order valence-corrected chi connectivity index (χ2v) is 7.71. The van der Waals surface area contributed by atoms with Crippen molar-refractivity contribution in [2.24, 2.45) is 5.41 Å². The van der Waals surface area contributed by atoms with Crippen LogP contribution in [-0.4, -0.2) is 57.4 Å². The Morgan fingerprint density at radius 3 is 2.06 bits per heavy atom. The van der Waals surface area contributed by atoms with Gasteiger partial charge in [0.2, 0.25) is 0 Å². The summed E-state index contributed by atoms with van der Waals surface area (Å²) in [5.74, 6) is -1.19. The van der Waals surface area contributed by atoms with Crippen molar-refractivity contribution in [2.45, 2.75) is 13.0 Å². The van der Waals surface area contributed by atoms with Crippen molar-refractivity contribution < 1.29 is 30.3 Å². The van der Waals surface area contributed by atoms with E-state index in [1.165, 1.54) is 31.4 Å². The zero-order chi connectivity index (χ0) is 14.2. The van der Waals surface area contributed by atoms with Crippen molar-refractivity contribution >= 4 is 37.4 Å². The molecule has 18 heavy (non-hydrogen) atoms. The summed E-state index contributed by atoms with van der Waals surface area (Å²) in [4.78, 5) is 10.7. The lowest BCUT2D eigenvalue weighted by atomic mass is 9.95. The topological polar surface area (TPSA) is 118 Å². The number of aliphatic hydroxyl groups is 4. The predicted molar refractivity (Wildman–Crippen MR) is 73.9 cm³/mol. The predicted octanol–water partition coefficient (Wildman–Crippen LogP) is 0.286. The number of hydrogen-bond donors (Lipinski definition) is 5. The van der Waals surface area contributed by atoms with Gasteiger partial charge in [0.25, 0.3) is 0 Å². The average molecular weight is 316 g/mol. The van der Waals surface area contributed by atoms with E-state index in [-0.39, 0.29) is 19.8 Å². The summed E-state index contributed by atoms with van der Waals surface area (Å²) in [5, 5.41) is 44.3. The third-order valence-electron chi connectivity index (χ3n) is 1.98. The largest absolute Gasteiger partial charge is 0.479 e. The van der Waals surface area contributed by atoms with Crippen LogP contribution in [0.2, 0.25) is 0 Å². The molecule has 5 N–H and O–H groups in total. The highest BCUT2D eigenvalue weighted by molar-refractivity contribution is 9.11. The van der Waals surface area contributed by atoms with Crippen LogP contribution in [0.15, 0.2) is 10.3 Å². The van der Waals surface area contributed by atoms with Gasteiger partial charge < -0.3 is 25.5 Å². The molecule has 0 aromatic carbocycles. The number of carbonyl (C=O) groups is 1. The van der Waals surface area contributed by atoms with Gasteiger partial charge in [-0.25, -0.2) is 4.79 Å². The molecule has 1 aliphatic rings. The SMILES string of the molecule is CC(CO)(CO)CO.O=C(O)C(O)C1=CSSS1. The van der Waals surface area contributed by atoms with Crippen molar-refractivity contribution in [3.8, 4) is 0 Å². The van der Waals surface area contributed by atoms with Gasteiger partial charge in [0.1, 0.15) is 0 Å². The second-order valence-electron chi connectivity index (χ2n) is 3.79. The number of aliphatic hydroxyl groups excluding tert-OH is 4. The van der Waals surface area contributed by atoms with E-state index in [1.54, 1.807) is 12.3 Å². The maximum absolute atomic E-state index is 10.2. The number of carboxylic acid groups (broad SMARTS) is 1. The van der Waals surface area contributed by atoms with Crippen LogP contribution in [0, 0.1) is 5.41 Å². The lowest BCUT2D eigenvalue weighted by molar-refractivity contribution is -0.144. The van der Waals surface area contributed by atoms with Gasteiger partial charge >= 0.3 is 5.97 Å². The molecule has 9 heteroatoms. The fourth-order valence-corrected chi connectivity index (χ4v) is 4.41. The van der Waals surface area contributed by atoms with Crippen LogP contribution in [0.1, 0.15) is 6.92 Å². The molecule has 106 valence electrons. The molecule has 1 unspecified atom stereocenters. The molecule has 0 aliphatic carbocycles. The third kappa shape index (κ3) is 6.32. The van der Waals surface area contributed by atoms with Crippen LogP contribution < -0.4 is 0 Å². The first-order valence-corrected chi connectivity index (χ1v) is 8.38. The van der Waals surface area contributed by atoms with Gasteiger partial charge in [0.05, 0.1) is 19.8 Å². The molecule has 6 nitrogen and oxygen atoms in total. The fraction of sp³-hybridized carbons (Fsp3) is 0.667. The first-order valence-electron chi connectivity index (χ1n) is 4.83. The zero-order valence-electron chi connectivity index (χ0n) is 9.65. The first kappa shape index (κ1) is 18.1. The van der Waals surface area contributed by atoms with Crippen molar-refractivity contribution in [2.75, 3.05) is 19.8 Å². The number of aliphatic carboxylic acids is 1. The highest BCUT2D eigenvalue weighted by atomic mass is 33.5. The molecule has 0 amide bonds. The average Bonchev–Trinajstić information content (AvgIpc) is 2.91. The van der Waals surface area contributed by atoms with Crippen LogP contribution in [0.25, 0.3) is 0 Å². The summed E-state index contributed by atoms with van der Waals surface area (Å²) in [6.07, 6.45) is -1.34. The smallest absolute Gasteiger partial charge is 0.337 e. The van der Waals surface area contributed by atoms with Crippen molar-refractivity contribution in [1.82, 2.24) is 0 Å². The Morgan fingerprint density at radius 1 is 1.33 bits per heavy atom. The summed E-state index contributed by atoms with van der Waals surface area (Å²) in [6.45, 7) is 1.06. The van der Waals surface area contributed by atoms with Gasteiger partial charge in [-0.05, 0) is 26.0 Å². The molecule has 0 radical (unpaired) electrons. The van der Waals surface area contributed by atoms with Crippen LogP contribution in [0.5, 0.6) is 0 Å². The molecule has 1 aliphatic heterocycles. The maximum atomic E-state index is 10.2. The monoisotopic (exact) mass is 316 g/mol. The quantitative estimate of drug-likeness (QED) is 0.456. The Morgan fingerprint density at radius 2 is 1.83 bits per heavy atom. The van der Waals surface area contributed by atoms with Crippen molar-refractivity contribution in [1.29, 1.82) is 0 Å². The Labute approximate surface area is 116 Å². The summed E-state index contributed by atoms with van der Waals surface area (Å²) < 4.78 is 0. The third-order valence-corrected chi connectivity index (χ3v) is 5.79. The number of hydrogen-bond acceptors (Lipinski definition) is 8. The van der Waals surface area contributed by atoms with E-state index in [9.17, 15) is 4.79 Å². The Balaban J connectivity index is 0.000000331. The van der Waals surface area contributed by atoms with Gasteiger partial charge in [0.15, 0.2) is 6.10 Å². The first-order chi connectivity index (χ1) is 8.40. The molecule has 0 aromatic heterocycles. The molecular weight excluding hydrogens is 300 g/mol. The van der Waals surface area contributed by atoms with E-state index in [2.05, 4.69) is 0 Å². The minimum atomic E-state index is -1.34. The van der Waals surface area contributed by atoms with E-state index in [0.717, 1.165) is 0 Å². The van der Waals surface area contributed by atoms with Crippen LogP contribution in [-0.2, 0) is 4.79 Å². The maximum Gasteiger partial charge on any atom is 0.337 e. The lowest BCUT2D eigenvalue weighted by Gasteiger charge is -2.20. The zero-order valence-corrected chi connectivity index (χ0v) is 12.1. The van der Waals surface area contributed by atoms with E-state index >= 15 is 0 Å². The Kier molecular flexibility index (Phi) is 9.13. The molecule has 0 aromatic rings. The molecule has 0 saturated heterocycles. The lowest BCUT2D eigenvalue weighted by Crippen LogP contribution is -2.29. The molecule has 0 bridgehead atoms. The molecule has 1 heterocycles. The van der Waals surface area contributed by atoms with E-state index in [4.69, 9.17) is 25.5 Å². The van der Waals surface area contributed by atoms with Gasteiger partial charge in [-0.1, -0.05) is 17.7 Å². The number of rotatable bonds is 5. The molecule has 0 saturated carbocycles. The highest BCUT2D eigenvalue weighted by Gasteiger charge is 2.22. The van der Waals surface area contributed by atoms with Gasteiger partial charge in [-0.2, -0.15) is 0 Å². The molecular formula is C9H16O6S3. The van der Waals surface area contributed by atoms with Gasteiger partial charge in [-0.15, -0.1) is 0 Å². The van der Waals surface area contributed by atoms with Crippen LogP contribution in [0.3, 0.4) is 0 Å². The van der Waals surface area contributed by atoms with Gasteiger partial charge in [-0.3, -0.25) is 0 Å². The van der Waals surface area contributed by atoms with E-state index < -0.39 is 17.5 Å². The minimum absolute atomic E-state index is 0.181. The summed E-state index contributed by atoms with van der Waals surface area (Å²) in [7, 11) is 4.16. The fourth-order valence-electron chi connectivity index (χ4n) is 0.527. The minimum Gasteiger partial charge on any atom is -0.479 e. The Bertz CT molecular complexity index is 284. The number of carboxylic acids is 1. The summed E-state index contributed by atoms with van der Waals surface area (Å²) in [5.41, 5.74) is -0.708. The normalized spacial score (nSPS) is 16.6. The van der Waals surface area contributed by atoms with E-state index in [0.29, 0.717) is 4.91 Å². The van der Waals surface area contributed by atoms with Crippen LogP contribution >= 0.6 is 31.4 Å². The second kappa shape index (κ2) is 9.08. The summed E-state index contributed by atoms with van der Waals surface area (Å²) in [6, 6.07) is 0. The molecule has 0 spiro atoms. The molecule has 0 fully saturated rings. The molecule has 1 rings (SSSR count). The highest BCUT2D eigenvalue weighted by Crippen LogP contribution is 2.49. The molecule has 1 atom stereocenters. The Hall–Kier alpha value is 0.1000. The van der Waals surface area contributed by atoms with Crippen LogP contribution in [0.4, 0.5) is 0 Å².